The average molecular weight is 655 g/mol. The molecule has 3 heteroatoms. The predicted octanol–water partition coefficient (Wildman–Crippen LogP) is 13.9. The number of para-hydroxylation sites is 2. The summed E-state index contributed by atoms with van der Waals surface area (Å²) in [6.45, 7) is 2.49. The fourth-order valence-electron chi connectivity index (χ4n) is 8.94. The lowest BCUT2D eigenvalue weighted by Gasteiger charge is -2.37. The van der Waals surface area contributed by atoms with Gasteiger partial charge >= 0.3 is 0 Å². The van der Waals surface area contributed by atoms with E-state index in [1.54, 1.807) is 0 Å². The number of benzene rings is 6. The number of thiophene rings is 1. The molecule has 49 heavy (non-hydrogen) atoms. The van der Waals surface area contributed by atoms with Crippen molar-refractivity contribution in [2.24, 2.45) is 17.8 Å². The van der Waals surface area contributed by atoms with Gasteiger partial charge in [0, 0.05) is 54.3 Å². The van der Waals surface area contributed by atoms with Gasteiger partial charge in [-0.3, -0.25) is 0 Å². The first-order valence-corrected chi connectivity index (χ1v) is 18.8. The Morgan fingerprint density at radius 3 is 1.71 bits per heavy atom. The topological polar surface area (TPSA) is 6.48 Å². The molecule has 0 amide bonds. The second kappa shape index (κ2) is 12.9. The van der Waals surface area contributed by atoms with Gasteiger partial charge in [-0.05, 0) is 115 Å². The molecule has 7 aromatic rings. The lowest BCUT2D eigenvalue weighted by atomic mass is 9.68. The van der Waals surface area contributed by atoms with Crippen LogP contribution in [-0.2, 0) is 0 Å². The number of anilines is 6. The van der Waals surface area contributed by atoms with Gasteiger partial charge in [0.2, 0.25) is 0 Å². The molecule has 0 spiro atoms. The van der Waals surface area contributed by atoms with Crippen LogP contribution in [0, 0.1) is 17.8 Å². The molecule has 0 aliphatic heterocycles. The molecule has 9 rings (SSSR count). The van der Waals surface area contributed by atoms with Crippen molar-refractivity contribution in [2.75, 3.05) is 9.80 Å². The monoisotopic (exact) mass is 654 g/mol. The van der Waals surface area contributed by atoms with Crippen LogP contribution in [-0.4, -0.2) is 0 Å². The summed E-state index contributed by atoms with van der Waals surface area (Å²) in [6, 6.07) is 55.8. The normalized spacial score (nSPS) is 20.3. The molecule has 242 valence electrons. The number of rotatable bonds is 7. The Kier molecular flexibility index (Phi) is 7.94. The zero-order valence-corrected chi connectivity index (χ0v) is 28.9. The molecule has 1 aromatic heterocycles. The van der Waals surface area contributed by atoms with Gasteiger partial charge < -0.3 is 9.80 Å². The van der Waals surface area contributed by atoms with Crippen LogP contribution in [0.5, 0.6) is 0 Å². The highest BCUT2D eigenvalue weighted by Gasteiger charge is 2.38. The lowest BCUT2D eigenvalue weighted by molar-refractivity contribution is 0.190. The fourth-order valence-corrected chi connectivity index (χ4v) is 10.1. The zero-order valence-electron chi connectivity index (χ0n) is 28.1. The molecular weight excluding hydrogens is 613 g/mol. The maximum Gasteiger partial charge on any atom is 0.0482 e. The van der Waals surface area contributed by atoms with Crippen molar-refractivity contribution < 1.29 is 0 Å². The van der Waals surface area contributed by atoms with Crippen LogP contribution in [0.15, 0.2) is 152 Å². The number of fused-ring (bicyclic) bond motifs is 4. The fraction of sp³-hybridized carbons (Fsp3) is 0.217. The minimum Gasteiger partial charge on any atom is -0.310 e. The second-order valence-electron chi connectivity index (χ2n) is 14.2. The van der Waals surface area contributed by atoms with Crippen molar-refractivity contribution in [3.63, 3.8) is 0 Å². The first-order chi connectivity index (χ1) is 24.2. The Morgan fingerprint density at radius 2 is 1.00 bits per heavy atom. The molecule has 2 aliphatic carbocycles. The Hall–Kier alpha value is -4.86. The minimum absolute atomic E-state index is 0.666. The molecule has 4 unspecified atom stereocenters. The van der Waals surface area contributed by atoms with E-state index < -0.39 is 0 Å². The van der Waals surface area contributed by atoms with Crippen LogP contribution < -0.4 is 9.80 Å². The molecule has 0 N–H and O–H groups in total. The van der Waals surface area contributed by atoms with E-state index in [9.17, 15) is 0 Å². The molecule has 4 atom stereocenters. The SMILES string of the molecule is CC1CC2CCCC2CC1c1ccc(N(c2ccccc2)c2cccc(N(c3ccccc3)c3ccc4c(c3)sc3ccccc34)c2)cc1. The summed E-state index contributed by atoms with van der Waals surface area (Å²) in [7, 11) is 0. The molecule has 0 saturated heterocycles. The molecule has 0 bridgehead atoms. The van der Waals surface area contributed by atoms with Gasteiger partial charge in [0.15, 0.2) is 0 Å². The molecule has 0 radical (unpaired) electrons. The van der Waals surface area contributed by atoms with Gasteiger partial charge in [-0.2, -0.15) is 0 Å². The van der Waals surface area contributed by atoms with Gasteiger partial charge in [-0.25, -0.2) is 0 Å². The Morgan fingerprint density at radius 1 is 0.469 bits per heavy atom. The maximum atomic E-state index is 2.49. The Balaban J connectivity index is 1.11. The molecular formula is C46H42N2S. The predicted molar refractivity (Wildman–Crippen MR) is 211 cm³/mol. The van der Waals surface area contributed by atoms with Crippen molar-refractivity contribution in [3.8, 4) is 0 Å². The second-order valence-corrected chi connectivity index (χ2v) is 15.3. The van der Waals surface area contributed by atoms with Crippen LogP contribution in [0.4, 0.5) is 34.1 Å². The van der Waals surface area contributed by atoms with E-state index in [2.05, 4.69) is 168 Å². The van der Waals surface area contributed by atoms with Crippen LogP contribution in [0.2, 0.25) is 0 Å². The summed E-state index contributed by atoms with van der Waals surface area (Å²) in [6.07, 6.45) is 7.07. The summed E-state index contributed by atoms with van der Waals surface area (Å²) in [4.78, 5) is 4.79. The van der Waals surface area contributed by atoms with E-state index in [0.29, 0.717) is 5.92 Å². The molecule has 2 fully saturated rings. The Labute approximate surface area is 294 Å². The molecule has 6 aromatic carbocycles. The van der Waals surface area contributed by atoms with Gasteiger partial charge in [0.05, 0.1) is 0 Å². The molecule has 2 nitrogen and oxygen atoms in total. The summed E-state index contributed by atoms with van der Waals surface area (Å²) >= 11 is 1.87. The molecule has 2 saturated carbocycles. The first-order valence-electron chi connectivity index (χ1n) is 18.0. The quantitative estimate of drug-likeness (QED) is 0.169. The standard InChI is InChI=1S/C46H42N2S/c1-32-28-34-12-10-13-35(34)29-44(32)33-22-24-38(25-23-33)47(36-14-4-2-5-15-36)39-18-11-19-40(30-39)48(37-16-6-3-7-17-37)41-26-27-43-42-20-8-9-21-45(42)49-46(43)31-41/h2-9,11,14-27,30-32,34-35,44H,10,12-13,28-29H2,1H3. The third-order valence-corrected chi connectivity index (χ3v) is 12.4. The molecule has 1 heterocycles. The maximum absolute atomic E-state index is 2.49. The lowest BCUT2D eigenvalue weighted by Crippen LogP contribution is -2.26. The van der Waals surface area contributed by atoms with Gasteiger partial charge in [0.1, 0.15) is 0 Å². The van der Waals surface area contributed by atoms with Gasteiger partial charge in [0.25, 0.3) is 0 Å². The highest BCUT2D eigenvalue weighted by molar-refractivity contribution is 7.25. The van der Waals surface area contributed by atoms with Crippen molar-refractivity contribution in [2.45, 2.75) is 44.9 Å². The summed E-state index contributed by atoms with van der Waals surface area (Å²) in [5.74, 6) is 3.31. The summed E-state index contributed by atoms with van der Waals surface area (Å²) in [5.41, 5.74) is 8.42. The van der Waals surface area contributed by atoms with E-state index >= 15 is 0 Å². The zero-order chi connectivity index (χ0) is 32.7. The van der Waals surface area contributed by atoms with Crippen molar-refractivity contribution in [1.82, 2.24) is 0 Å². The number of nitrogens with zero attached hydrogens (tertiary/aromatic N) is 2. The van der Waals surface area contributed by atoms with Crippen LogP contribution in [0.3, 0.4) is 0 Å². The third-order valence-electron chi connectivity index (χ3n) is 11.3. The van der Waals surface area contributed by atoms with E-state index in [1.807, 2.05) is 11.3 Å². The van der Waals surface area contributed by atoms with E-state index in [4.69, 9.17) is 0 Å². The number of hydrogen-bond donors (Lipinski definition) is 0. The first kappa shape index (κ1) is 30.2. The largest absolute Gasteiger partial charge is 0.310 e. The van der Waals surface area contributed by atoms with Gasteiger partial charge in [-0.1, -0.05) is 105 Å². The van der Waals surface area contributed by atoms with Crippen LogP contribution in [0.25, 0.3) is 20.2 Å². The van der Waals surface area contributed by atoms with Crippen LogP contribution in [0.1, 0.15) is 50.5 Å². The smallest absolute Gasteiger partial charge is 0.0482 e. The van der Waals surface area contributed by atoms with E-state index in [0.717, 1.165) is 46.2 Å². The van der Waals surface area contributed by atoms with Crippen molar-refractivity contribution >= 4 is 65.6 Å². The van der Waals surface area contributed by atoms with Crippen molar-refractivity contribution in [1.29, 1.82) is 0 Å². The third kappa shape index (κ3) is 5.70. The number of hydrogen-bond acceptors (Lipinski definition) is 3. The highest BCUT2D eigenvalue weighted by atomic mass is 32.1. The summed E-state index contributed by atoms with van der Waals surface area (Å²) in [5, 5.41) is 2.64. The average Bonchev–Trinajstić information content (AvgIpc) is 3.77. The summed E-state index contributed by atoms with van der Waals surface area (Å²) < 4.78 is 2.63. The van der Waals surface area contributed by atoms with Gasteiger partial charge in [-0.15, -0.1) is 11.3 Å². The van der Waals surface area contributed by atoms with E-state index in [-0.39, 0.29) is 0 Å². The van der Waals surface area contributed by atoms with E-state index in [1.165, 1.54) is 63.5 Å². The Bertz CT molecular complexity index is 2200. The highest BCUT2D eigenvalue weighted by Crippen LogP contribution is 2.50. The molecule has 2 aliphatic rings. The van der Waals surface area contributed by atoms with Crippen LogP contribution >= 0.6 is 11.3 Å². The minimum atomic E-state index is 0.666. The van der Waals surface area contributed by atoms with Crippen molar-refractivity contribution in [3.05, 3.63) is 157 Å².